The fourth-order valence-corrected chi connectivity index (χ4v) is 4.53. The van der Waals surface area contributed by atoms with E-state index in [1.54, 1.807) is 49.6 Å². The first-order valence-electron chi connectivity index (χ1n) is 12.5. The lowest BCUT2D eigenvalue weighted by molar-refractivity contribution is -0.274. The van der Waals surface area contributed by atoms with Gasteiger partial charge in [0, 0.05) is 11.6 Å². The molecule has 0 fully saturated rings. The number of carboxylic acids is 1. The quantitative estimate of drug-likeness (QED) is 0.272. The van der Waals surface area contributed by atoms with E-state index in [-0.39, 0.29) is 30.8 Å². The van der Waals surface area contributed by atoms with E-state index in [2.05, 4.69) is 30.6 Å². The molecule has 17 heteroatoms. The molecule has 1 N–H and O–H groups in total. The molecular weight excluding hydrogens is 670 g/mol. The first-order chi connectivity index (χ1) is 20.6. The van der Waals surface area contributed by atoms with Crippen molar-refractivity contribution in [1.29, 1.82) is 0 Å². The maximum atomic E-state index is 13.5. The lowest BCUT2D eigenvalue weighted by Gasteiger charge is -2.39. The van der Waals surface area contributed by atoms with Gasteiger partial charge in [0.05, 0.1) is 39.5 Å². The molecule has 0 spiro atoms. The molecule has 1 amide bonds. The summed E-state index contributed by atoms with van der Waals surface area (Å²) in [6.45, 7) is 2.12. The van der Waals surface area contributed by atoms with E-state index in [1.165, 1.54) is 12.1 Å². The van der Waals surface area contributed by atoms with Gasteiger partial charge in [-0.05, 0) is 52.2 Å². The fraction of sp³-hybridized carbons (Fsp3) is 0.333. The number of amides is 1. The summed E-state index contributed by atoms with van der Waals surface area (Å²) in [4.78, 5) is 34.8. The number of halogens is 7. The average Bonchev–Trinajstić information content (AvgIpc) is 2.95. The highest BCUT2D eigenvalue weighted by molar-refractivity contribution is 9.10. The molecule has 4 rings (SSSR count). The van der Waals surface area contributed by atoms with E-state index in [4.69, 9.17) is 19.4 Å². The molecule has 0 saturated heterocycles. The fourth-order valence-electron chi connectivity index (χ4n) is 4.26. The van der Waals surface area contributed by atoms with Crippen molar-refractivity contribution in [2.45, 2.75) is 38.5 Å². The number of rotatable bonds is 8. The minimum Gasteiger partial charge on any atom is -0.497 e. The van der Waals surface area contributed by atoms with Crippen molar-refractivity contribution in [1.82, 2.24) is 9.97 Å². The highest BCUT2D eigenvalue weighted by Gasteiger charge is 2.38. The van der Waals surface area contributed by atoms with Crippen LogP contribution in [0.1, 0.15) is 30.5 Å². The van der Waals surface area contributed by atoms with Crippen molar-refractivity contribution in [3.05, 3.63) is 64.4 Å². The maximum Gasteiger partial charge on any atom is 0.573 e. The molecule has 44 heavy (non-hydrogen) atoms. The zero-order valence-electron chi connectivity index (χ0n) is 23.2. The summed E-state index contributed by atoms with van der Waals surface area (Å²) in [5.41, 5.74) is 1.47. The summed E-state index contributed by atoms with van der Waals surface area (Å²) in [5.74, 6) is -1.26. The van der Waals surface area contributed by atoms with Crippen LogP contribution in [0.2, 0.25) is 0 Å². The second kappa shape index (κ2) is 14.0. The summed E-state index contributed by atoms with van der Waals surface area (Å²) >= 11 is 3.34. The Kier molecular flexibility index (Phi) is 10.9. The number of carbonyl (C=O) groups excluding carboxylic acids is 1. The third-order valence-electron chi connectivity index (χ3n) is 6.17. The highest BCUT2D eigenvalue weighted by Crippen LogP contribution is 2.39. The summed E-state index contributed by atoms with van der Waals surface area (Å²) in [6, 6.07) is 10.6. The van der Waals surface area contributed by atoms with Gasteiger partial charge in [-0.2, -0.15) is 13.2 Å². The number of benzene rings is 2. The van der Waals surface area contributed by atoms with E-state index in [9.17, 15) is 31.1 Å². The highest BCUT2D eigenvalue weighted by atomic mass is 79.9. The van der Waals surface area contributed by atoms with Gasteiger partial charge in [-0.15, -0.1) is 13.2 Å². The van der Waals surface area contributed by atoms with Gasteiger partial charge in [0.1, 0.15) is 21.9 Å². The number of anilines is 2. The van der Waals surface area contributed by atoms with E-state index in [1.807, 2.05) is 17.9 Å². The lowest BCUT2D eigenvalue weighted by Crippen LogP contribution is -2.47. The van der Waals surface area contributed by atoms with Crippen LogP contribution in [-0.4, -0.2) is 60.3 Å². The molecule has 10 nitrogen and oxygen atoms in total. The monoisotopic (exact) mass is 694 g/mol. The van der Waals surface area contributed by atoms with Gasteiger partial charge in [0.2, 0.25) is 5.91 Å². The largest absolute Gasteiger partial charge is 0.573 e. The van der Waals surface area contributed by atoms with Gasteiger partial charge in [0.25, 0.3) is 0 Å². The van der Waals surface area contributed by atoms with Gasteiger partial charge < -0.3 is 24.2 Å². The van der Waals surface area contributed by atoms with E-state index >= 15 is 0 Å². The summed E-state index contributed by atoms with van der Waals surface area (Å²) < 4.78 is 84.6. The molecule has 0 radical (unpaired) electrons. The SMILES string of the molecule is CCC(c1ccc(OC(F)(F)F)cc1)N1CC(=O)N(Cc2ccc(OC)cc2OC)c2nc(Br)cnc21.O=C(O)C(F)(F)F. The van der Waals surface area contributed by atoms with Crippen LogP contribution in [0.5, 0.6) is 17.2 Å². The molecule has 2 aromatic carbocycles. The van der Waals surface area contributed by atoms with Crippen LogP contribution >= 0.6 is 15.9 Å². The van der Waals surface area contributed by atoms with Gasteiger partial charge >= 0.3 is 18.5 Å². The van der Waals surface area contributed by atoms with Crippen molar-refractivity contribution in [2.24, 2.45) is 0 Å². The van der Waals surface area contributed by atoms with Crippen molar-refractivity contribution in [2.75, 3.05) is 30.6 Å². The lowest BCUT2D eigenvalue weighted by atomic mass is 10.0. The molecule has 0 bridgehead atoms. The molecule has 1 atom stereocenters. The normalized spacial score (nSPS) is 13.8. The third-order valence-corrected chi connectivity index (χ3v) is 6.55. The Balaban J connectivity index is 0.000000676. The summed E-state index contributed by atoms with van der Waals surface area (Å²) in [6.07, 6.45) is -7.75. The van der Waals surface area contributed by atoms with E-state index < -0.39 is 18.5 Å². The topological polar surface area (TPSA) is 114 Å². The second-order valence-corrected chi connectivity index (χ2v) is 9.78. The Morgan fingerprint density at radius 2 is 1.64 bits per heavy atom. The smallest absolute Gasteiger partial charge is 0.497 e. The zero-order valence-corrected chi connectivity index (χ0v) is 24.8. The summed E-state index contributed by atoms with van der Waals surface area (Å²) in [7, 11) is 3.10. The van der Waals surface area contributed by atoms with Crippen molar-refractivity contribution < 1.29 is 55.2 Å². The number of hydrogen-bond acceptors (Lipinski definition) is 8. The number of ether oxygens (including phenoxy) is 3. The average molecular weight is 695 g/mol. The standard InChI is InChI=1S/C25H24BrF3N4O4.C2HF3O2/c1-4-19(15-5-8-17(9-6-15)37-25(27,28)29)32-14-22(34)33(24-23(32)30-12-21(26)31-24)13-16-7-10-18(35-2)11-20(16)36-3;3-2(4,5)1(6)7/h5-12,19H,4,13-14H2,1-3H3;(H,6,7). The molecule has 2 heterocycles. The Labute approximate surface area is 255 Å². The van der Waals surface area contributed by atoms with E-state index in [0.717, 1.165) is 5.56 Å². The van der Waals surface area contributed by atoms with E-state index in [0.29, 0.717) is 39.7 Å². The van der Waals surface area contributed by atoms with Gasteiger partial charge in [0.15, 0.2) is 11.6 Å². The van der Waals surface area contributed by atoms with Crippen LogP contribution in [-0.2, 0) is 16.1 Å². The second-order valence-electron chi connectivity index (χ2n) is 8.97. The third kappa shape index (κ3) is 8.64. The Morgan fingerprint density at radius 1 is 1.02 bits per heavy atom. The van der Waals surface area contributed by atoms with Crippen LogP contribution in [0.4, 0.5) is 38.0 Å². The van der Waals surface area contributed by atoms with Gasteiger partial charge in [-0.3, -0.25) is 9.69 Å². The summed E-state index contributed by atoms with van der Waals surface area (Å²) in [5, 5.41) is 7.12. The molecule has 1 aliphatic heterocycles. The number of aromatic nitrogens is 2. The number of hydrogen-bond donors (Lipinski definition) is 1. The Bertz CT molecular complexity index is 1470. The van der Waals surface area contributed by atoms with Crippen LogP contribution < -0.4 is 24.0 Å². The number of methoxy groups -OCH3 is 2. The molecule has 3 aromatic rings. The number of carbonyl (C=O) groups is 2. The number of fused-ring (bicyclic) bond motifs is 1. The molecule has 1 unspecified atom stereocenters. The van der Waals surface area contributed by atoms with Gasteiger partial charge in [-0.1, -0.05) is 19.1 Å². The van der Waals surface area contributed by atoms with Crippen molar-refractivity contribution in [3.63, 3.8) is 0 Å². The van der Waals surface area contributed by atoms with Crippen LogP contribution in [0.25, 0.3) is 0 Å². The first-order valence-corrected chi connectivity index (χ1v) is 13.3. The Morgan fingerprint density at radius 3 is 2.16 bits per heavy atom. The molecule has 0 saturated carbocycles. The zero-order chi connectivity index (χ0) is 32.8. The van der Waals surface area contributed by atoms with Crippen LogP contribution in [0, 0.1) is 0 Å². The first kappa shape index (κ1) is 34.2. The van der Waals surface area contributed by atoms with Crippen molar-refractivity contribution >= 4 is 39.4 Å². The minimum absolute atomic E-state index is 0.00108. The predicted octanol–water partition coefficient (Wildman–Crippen LogP) is 6.29. The maximum absolute atomic E-state index is 13.5. The minimum atomic E-state index is -5.08. The number of carboxylic acid groups (broad SMARTS) is 1. The Hall–Kier alpha value is -4.28. The molecule has 0 aliphatic carbocycles. The van der Waals surface area contributed by atoms with Gasteiger partial charge in [-0.25, -0.2) is 14.8 Å². The molecular formula is C27H25BrF6N4O6. The number of aliphatic carboxylic acids is 1. The molecule has 238 valence electrons. The molecule has 1 aliphatic rings. The predicted molar refractivity (Wildman–Crippen MR) is 148 cm³/mol. The van der Waals surface area contributed by atoms with Crippen LogP contribution in [0.3, 0.4) is 0 Å². The number of alkyl halides is 6. The van der Waals surface area contributed by atoms with Crippen molar-refractivity contribution in [3.8, 4) is 17.2 Å². The van der Waals surface area contributed by atoms with Crippen LogP contribution in [0.15, 0.2) is 53.3 Å². The molecule has 1 aromatic heterocycles. The number of nitrogens with zero attached hydrogens (tertiary/aromatic N) is 4.